The summed E-state index contributed by atoms with van der Waals surface area (Å²) < 4.78 is 0. The van der Waals surface area contributed by atoms with Crippen LogP contribution in [0.3, 0.4) is 0 Å². The average molecular weight is 313 g/mol. The highest BCUT2D eigenvalue weighted by atomic mass is 16.7. The number of hydrogen-bond donors (Lipinski definition) is 2. The van der Waals surface area contributed by atoms with Gasteiger partial charge in [0.2, 0.25) is 5.91 Å². The predicted molar refractivity (Wildman–Crippen MR) is 89.0 cm³/mol. The first-order valence-corrected chi connectivity index (χ1v) is 7.11. The number of nitrogens with zero attached hydrogens (tertiary/aromatic N) is 1. The summed E-state index contributed by atoms with van der Waals surface area (Å²) in [4.78, 5) is 28.6. The van der Waals surface area contributed by atoms with Crippen LogP contribution in [0.2, 0.25) is 0 Å². The summed E-state index contributed by atoms with van der Waals surface area (Å²) in [5.41, 5.74) is 2.12. The van der Waals surface area contributed by atoms with E-state index in [1.54, 1.807) is 24.3 Å². The molecule has 0 bridgehead atoms. The van der Waals surface area contributed by atoms with Gasteiger partial charge in [-0.15, -0.1) is 0 Å². The van der Waals surface area contributed by atoms with E-state index in [0.29, 0.717) is 17.8 Å². The molecule has 0 aliphatic heterocycles. The molecule has 0 aromatic heterocycles. The molecule has 2 aromatic rings. The van der Waals surface area contributed by atoms with Crippen molar-refractivity contribution in [2.45, 2.75) is 6.42 Å². The van der Waals surface area contributed by atoms with E-state index < -0.39 is 6.03 Å². The molecule has 0 saturated heterocycles. The Bertz CT molecular complexity index is 674. The standard InChI is InChI=1S/C17H19N3O3/c1-20(23-2)17(22)19-15-10-6-9-14(12-15)18-16(21)11-13-7-4-3-5-8-13/h3-10,12H,11H2,1-2H3,(H,18,21)(H,19,22). The molecule has 6 heteroatoms. The summed E-state index contributed by atoms with van der Waals surface area (Å²) in [6.07, 6.45) is 0.295. The van der Waals surface area contributed by atoms with Crippen LogP contribution in [-0.2, 0) is 16.1 Å². The minimum atomic E-state index is -0.403. The SMILES string of the molecule is CON(C)C(=O)Nc1cccc(NC(=O)Cc2ccccc2)c1. The van der Waals surface area contributed by atoms with Gasteiger partial charge in [0.05, 0.1) is 13.5 Å². The Morgan fingerprint density at radius 3 is 2.30 bits per heavy atom. The Balaban J connectivity index is 1.97. The first-order valence-electron chi connectivity index (χ1n) is 7.11. The number of carbonyl (C=O) groups excluding carboxylic acids is 2. The van der Waals surface area contributed by atoms with Crippen LogP contribution in [0.15, 0.2) is 54.6 Å². The first kappa shape index (κ1) is 16.5. The lowest BCUT2D eigenvalue weighted by atomic mass is 10.1. The van der Waals surface area contributed by atoms with Crippen molar-refractivity contribution in [2.75, 3.05) is 24.8 Å². The van der Waals surface area contributed by atoms with Gasteiger partial charge in [0.25, 0.3) is 0 Å². The van der Waals surface area contributed by atoms with Gasteiger partial charge < -0.3 is 10.6 Å². The van der Waals surface area contributed by atoms with Gasteiger partial charge in [-0.25, -0.2) is 9.86 Å². The highest BCUT2D eigenvalue weighted by molar-refractivity contribution is 5.94. The van der Waals surface area contributed by atoms with E-state index in [-0.39, 0.29) is 5.91 Å². The van der Waals surface area contributed by atoms with Gasteiger partial charge in [0.1, 0.15) is 0 Å². The van der Waals surface area contributed by atoms with Gasteiger partial charge in [-0.2, -0.15) is 0 Å². The molecule has 0 aliphatic rings. The smallest absolute Gasteiger partial charge is 0.326 e. The van der Waals surface area contributed by atoms with Gasteiger partial charge in [-0.1, -0.05) is 36.4 Å². The van der Waals surface area contributed by atoms with Crippen molar-refractivity contribution >= 4 is 23.3 Å². The van der Waals surface area contributed by atoms with E-state index in [4.69, 9.17) is 4.84 Å². The maximum atomic E-state index is 12.0. The molecule has 23 heavy (non-hydrogen) atoms. The van der Waals surface area contributed by atoms with Gasteiger partial charge in [0, 0.05) is 18.4 Å². The number of rotatable bonds is 5. The predicted octanol–water partition coefficient (Wildman–Crippen LogP) is 2.89. The van der Waals surface area contributed by atoms with Gasteiger partial charge in [-0.3, -0.25) is 9.63 Å². The Kier molecular flexibility index (Phi) is 5.71. The van der Waals surface area contributed by atoms with E-state index in [2.05, 4.69) is 10.6 Å². The van der Waals surface area contributed by atoms with E-state index in [9.17, 15) is 9.59 Å². The number of carbonyl (C=O) groups is 2. The molecule has 2 aromatic carbocycles. The Hall–Kier alpha value is -2.86. The lowest BCUT2D eigenvalue weighted by molar-refractivity contribution is -0.115. The van der Waals surface area contributed by atoms with Crippen LogP contribution in [0.1, 0.15) is 5.56 Å². The third-order valence-corrected chi connectivity index (χ3v) is 3.16. The van der Waals surface area contributed by atoms with E-state index in [1.165, 1.54) is 14.2 Å². The van der Waals surface area contributed by atoms with E-state index >= 15 is 0 Å². The molecule has 2 rings (SSSR count). The fraction of sp³-hybridized carbons (Fsp3) is 0.176. The second-order valence-electron chi connectivity index (χ2n) is 4.90. The lowest BCUT2D eigenvalue weighted by Gasteiger charge is -2.15. The van der Waals surface area contributed by atoms with Gasteiger partial charge >= 0.3 is 6.03 Å². The fourth-order valence-electron chi connectivity index (χ4n) is 1.95. The minimum Gasteiger partial charge on any atom is -0.326 e. The second kappa shape index (κ2) is 7.95. The molecule has 0 saturated carbocycles. The first-order chi connectivity index (χ1) is 11.1. The largest absolute Gasteiger partial charge is 0.345 e. The lowest BCUT2D eigenvalue weighted by Crippen LogP contribution is -2.30. The van der Waals surface area contributed by atoms with Crippen LogP contribution in [0.5, 0.6) is 0 Å². The molecule has 0 aliphatic carbocycles. The number of hydrogen-bond acceptors (Lipinski definition) is 3. The van der Waals surface area contributed by atoms with E-state index in [1.807, 2.05) is 30.3 Å². The number of benzene rings is 2. The highest BCUT2D eigenvalue weighted by Crippen LogP contribution is 2.16. The second-order valence-corrected chi connectivity index (χ2v) is 4.90. The number of anilines is 2. The van der Waals surface area contributed by atoms with Crippen molar-refractivity contribution in [1.29, 1.82) is 0 Å². The number of nitrogens with one attached hydrogen (secondary N) is 2. The van der Waals surface area contributed by atoms with Gasteiger partial charge in [0.15, 0.2) is 0 Å². The monoisotopic (exact) mass is 313 g/mol. The Morgan fingerprint density at radius 2 is 1.65 bits per heavy atom. The summed E-state index contributed by atoms with van der Waals surface area (Å²) in [5.74, 6) is -0.117. The van der Waals surface area contributed by atoms with Crippen LogP contribution in [0, 0.1) is 0 Å². The molecule has 0 spiro atoms. The zero-order valence-electron chi connectivity index (χ0n) is 13.1. The van der Waals surface area contributed by atoms with Crippen LogP contribution in [0.4, 0.5) is 16.2 Å². The molecule has 0 fully saturated rings. The maximum absolute atomic E-state index is 12.0. The number of hydroxylamine groups is 2. The number of amides is 3. The summed E-state index contributed by atoms with van der Waals surface area (Å²) in [6, 6.07) is 16.0. The third kappa shape index (κ3) is 5.12. The maximum Gasteiger partial charge on any atom is 0.345 e. The Labute approximate surface area is 135 Å². The van der Waals surface area contributed by atoms with Crippen molar-refractivity contribution in [3.63, 3.8) is 0 Å². The minimum absolute atomic E-state index is 0.117. The highest BCUT2D eigenvalue weighted by Gasteiger charge is 2.09. The van der Waals surface area contributed by atoms with Crippen molar-refractivity contribution in [2.24, 2.45) is 0 Å². The van der Waals surface area contributed by atoms with Crippen LogP contribution >= 0.6 is 0 Å². The van der Waals surface area contributed by atoms with Crippen molar-refractivity contribution < 1.29 is 14.4 Å². The molecular weight excluding hydrogens is 294 g/mol. The topological polar surface area (TPSA) is 70.7 Å². The average Bonchev–Trinajstić information content (AvgIpc) is 2.55. The Morgan fingerprint density at radius 1 is 1.00 bits per heavy atom. The summed E-state index contributed by atoms with van der Waals surface area (Å²) in [7, 11) is 2.90. The molecule has 0 heterocycles. The third-order valence-electron chi connectivity index (χ3n) is 3.16. The fourth-order valence-corrected chi connectivity index (χ4v) is 1.95. The normalized spacial score (nSPS) is 10.0. The molecule has 120 valence electrons. The number of urea groups is 1. The molecule has 3 amide bonds. The summed E-state index contributed by atoms with van der Waals surface area (Å²) in [5, 5.41) is 6.55. The quantitative estimate of drug-likeness (QED) is 0.834. The molecule has 0 atom stereocenters. The van der Waals surface area contributed by atoms with E-state index in [0.717, 1.165) is 10.6 Å². The zero-order chi connectivity index (χ0) is 16.7. The zero-order valence-corrected chi connectivity index (χ0v) is 13.1. The van der Waals surface area contributed by atoms with Gasteiger partial charge in [-0.05, 0) is 23.8 Å². The van der Waals surface area contributed by atoms with Crippen molar-refractivity contribution in [1.82, 2.24) is 5.06 Å². The molecule has 6 nitrogen and oxygen atoms in total. The molecule has 2 N–H and O–H groups in total. The van der Waals surface area contributed by atoms with Crippen molar-refractivity contribution in [3.8, 4) is 0 Å². The van der Waals surface area contributed by atoms with Crippen LogP contribution in [0.25, 0.3) is 0 Å². The summed E-state index contributed by atoms with van der Waals surface area (Å²) >= 11 is 0. The van der Waals surface area contributed by atoms with Crippen LogP contribution in [-0.4, -0.2) is 31.2 Å². The molecule has 0 unspecified atom stereocenters. The van der Waals surface area contributed by atoms with Crippen LogP contribution < -0.4 is 10.6 Å². The summed E-state index contributed by atoms with van der Waals surface area (Å²) in [6.45, 7) is 0. The molecule has 0 radical (unpaired) electrons. The van der Waals surface area contributed by atoms with Crippen molar-refractivity contribution in [3.05, 3.63) is 60.2 Å². The molecular formula is C17H19N3O3.